The van der Waals surface area contributed by atoms with Gasteiger partial charge in [-0.25, -0.2) is 4.39 Å². The molecule has 0 aliphatic carbocycles. The fourth-order valence-electron chi connectivity index (χ4n) is 4.58. The quantitative estimate of drug-likeness (QED) is 0.786. The second-order valence-corrected chi connectivity index (χ2v) is 8.36. The molecule has 4 rings (SSSR count). The Kier molecular flexibility index (Phi) is 5.71. The third kappa shape index (κ3) is 4.16. The number of ketones is 1. The van der Waals surface area contributed by atoms with E-state index in [1.165, 1.54) is 12.1 Å². The molecule has 158 valence electrons. The van der Waals surface area contributed by atoms with Crippen LogP contribution < -0.4 is 4.90 Å². The zero-order chi connectivity index (χ0) is 21.3. The molecule has 0 unspecified atom stereocenters. The highest BCUT2D eigenvalue weighted by Crippen LogP contribution is 2.33. The van der Waals surface area contributed by atoms with E-state index in [0.717, 1.165) is 36.2 Å². The van der Waals surface area contributed by atoms with E-state index in [2.05, 4.69) is 4.90 Å². The van der Waals surface area contributed by atoms with Gasteiger partial charge in [0.25, 0.3) is 0 Å². The maximum atomic E-state index is 13.2. The van der Waals surface area contributed by atoms with Crippen LogP contribution in [-0.4, -0.2) is 47.9 Å². The lowest BCUT2D eigenvalue weighted by Gasteiger charge is -2.27. The van der Waals surface area contributed by atoms with Gasteiger partial charge in [-0.15, -0.1) is 0 Å². The second-order valence-electron chi connectivity index (χ2n) is 8.36. The molecule has 1 fully saturated rings. The van der Waals surface area contributed by atoms with E-state index in [-0.39, 0.29) is 17.5 Å². The van der Waals surface area contributed by atoms with Gasteiger partial charge in [0, 0.05) is 31.3 Å². The first-order chi connectivity index (χ1) is 14.4. The fraction of sp³-hybridized carbons (Fsp3) is 0.417. The Balaban J connectivity index is 1.41. The number of Topliss-reactive ketones (excluding diaryl/α,β-unsaturated/α-hetero) is 1. The van der Waals surface area contributed by atoms with Crippen molar-refractivity contribution < 1.29 is 19.1 Å². The van der Waals surface area contributed by atoms with Gasteiger partial charge in [0.05, 0.1) is 12.1 Å². The SMILES string of the molecule is CC(=O)N1CCc2cc(C(=O)CN3CCC[C@@](O)(c4ccc(F)cc4)CC3)ccc21. The molecule has 30 heavy (non-hydrogen) atoms. The number of carbonyl (C=O) groups is 2. The van der Waals surface area contributed by atoms with Crippen LogP contribution in [0, 0.1) is 5.82 Å². The van der Waals surface area contributed by atoms with E-state index in [0.29, 0.717) is 38.0 Å². The number of fused-ring (bicyclic) bond motifs is 1. The molecule has 2 aromatic carbocycles. The summed E-state index contributed by atoms with van der Waals surface area (Å²) in [5.41, 5.74) is 2.34. The van der Waals surface area contributed by atoms with Crippen LogP contribution in [0.4, 0.5) is 10.1 Å². The summed E-state index contributed by atoms with van der Waals surface area (Å²) >= 11 is 0. The summed E-state index contributed by atoms with van der Waals surface area (Å²) in [7, 11) is 0. The van der Waals surface area contributed by atoms with Crippen molar-refractivity contribution >= 4 is 17.4 Å². The summed E-state index contributed by atoms with van der Waals surface area (Å²) in [6.45, 7) is 3.85. The van der Waals surface area contributed by atoms with Crippen molar-refractivity contribution in [3.05, 3.63) is 65.0 Å². The van der Waals surface area contributed by atoms with Gasteiger partial charge < -0.3 is 10.0 Å². The topological polar surface area (TPSA) is 60.9 Å². The number of hydrogen-bond donors (Lipinski definition) is 1. The summed E-state index contributed by atoms with van der Waals surface area (Å²) in [5.74, 6) is -0.249. The predicted octanol–water partition coefficient (Wildman–Crippen LogP) is 3.29. The average Bonchev–Trinajstić information content (AvgIpc) is 3.06. The summed E-state index contributed by atoms with van der Waals surface area (Å²) in [5, 5.41) is 11.1. The lowest BCUT2D eigenvalue weighted by molar-refractivity contribution is -0.116. The number of nitrogens with zero attached hydrogens (tertiary/aromatic N) is 2. The van der Waals surface area contributed by atoms with Crippen LogP contribution in [0.25, 0.3) is 0 Å². The van der Waals surface area contributed by atoms with Crippen LogP contribution in [0.15, 0.2) is 42.5 Å². The number of benzene rings is 2. The molecular weight excluding hydrogens is 383 g/mol. The molecule has 2 heterocycles. The summed E-state index contributed by atoms with van der Waals surface area (Å²) in [6, 6.07) is 11.6. The first-order valence-corrected chi connectivity index (χ1v) is 10.5. The second kappa shape index (κ2) is 8.28. The van der Waals surface area contributed by atoms with Crippen molar-refractivity contribution in [2.75, 3.05) is 31.1 Å². The lowest BCUT2D eigenvalue weighted by atomic mass is 9.87. The Morgan fingerprint density at radius 3 is 2.57 bits per heavy atom. The molecule has 6 heteroatoms. The molecular formula is C24H27FN2O3. The minimum Gasteiger partial charge on any atom is -0.385 e. The van der Waals surface area contributed by atoms with Crippen molar-refractivity contribution in [3.63, 3.8) is 0 Å². The molecule has 0 saturated carbocycles. The Morgan fingerprint density at radius 2 is 1.83 bits per heavy atom. The van der Waals surface area contributed by atoms with Crippen LogP contribution in [0.3, 0.4) is 0 Å². The van der Waals surface area contributed by atoms with Crippen molar-refractivity contribution in [1.82, 2.24) is 4.90 Å². The Hall–Kier alpha value is -2.57. The van der Waals surface area contributed by atoms with Crippen molar-refractivity contribution in [3.8, 4) is 0 Å². The Bertz CT molecular complexity index is 959. The molecule has 0 aromatic heterocycles. The van der Waals surface area contributed by atoms with Crippen LogP contribution in [0.2, 0.25) is 0 Å². The maximum absolute atomic E-state index is 13.2. The standard InChI is InChI=1S/C24H27FN2O3/c1-17(28)27-13-9-18-15-19(3-8-22(18)27)23(29)16-26-12-2-10-24(30,11-14-26)20-4-6-21(25)7-5-20/h3-8,15,30H,2,9-14,16H2,1H3/t24-/m0/s1. The average molecular weight is 410 g/mol. The fourth-order valence-corrected chi connectivity index (χ4v) is 4.58. The van der Waals surface area contributed by atoms with E-state index in [1.807, 2.05) is 12.1 Å². The van der Waals surface area contributed by atoms with Crippen molar-refractivity contribution in [2.45, 2.75) is 38.2 Å². The summed E-state index contributed by atoms with van der Waals surface area (Å²) < 4.78 is 13.2. The Labute approximate surface area is 176 Å². The van der Waals surface area contributed by atoms with E-state index in [1.54, 1.807) is 30.0 Å². The van der Waals surface area contributed by atoms with Crippen LogP contribution in [0.5, 0.6) is 0 Å². The largest absolute Gasteiger partial charge is 0.385 e. The van der Waals surface area contributed by atoms with E-state index >= 15 is 0 Å². The third-order valence-corrected chi connectivity index (χ3v) is 6.33. The first-order valence-electron chi connectivity index (χ1n) is 10.5. The molecule has 1 saturated heterocycles. The molecule has 2 aliphatic heterocycles. The highest BCUT2D eigenvalue weighted by molar-refractivity contribution is 6.00. The Morgan fingerprint density at radius 1 is 1.07 bits per heavy atom. The molecule has 0 radical (unpaired) electrons. The van der Waals surface area contributed by atoms with Gasteiger partial charge >= 0.3 is 0 Å². The van der Waals surface area contributed by atoms with Crippen LogP contribution in [0.1, 0.15) is 47.7 Å². The smallest absolute Gasteiger partial charge is 0.223 e. The first kappa shape index (κ1) is 20.7. The van der Waals surface area contributed by atoms with Crippen LogP contribution >= 0.6 is 0 Å². The lowest BCUT2D eigenvalue weighted by Crippen LogP contribution is -2.33. The third-order valence-electron chi connectivity index (χ3n) is 6.33. The van der Waals surface area contributed by atoms with E-state index < -0.39 is 5.60 Å². The van der Waals surface area contributed by atoms with Crippen LogP contribution in [-0.2, 0) is 16.8 Å². The number of halogens is 1. The molecule has 0 bridgehead atoms. The molecule has 1 amide bonds. The minimum atomic E-state index is -0.991. The number of rotatable bonds is 4. The number of anilines is 1. The van der Waals surface area contributed by atoms with Gasteiger partial charge in [-0.3, -0.25) is 14.5 Å². The number of likely N-dealkylation sites (tertiary alicyclic amines) is 1. The number of aliphatic hydroxyl groups is 1. The zero-order valence-corrected chi connectivity index (χ0v) is 17.2. The monoisotopic (exact) mass is 410 g/mol. The number of amides is 1. The molecule has 2 aromatic rings. The molecule has 2 aliphatic rings. The van der Waals surface area contributed by atoms with Crippen molar-refractivity contribution in [1.29, 1.82) is 0 Å². The highest BCUT2D eigenvalue weighted by atomic mass is 19.1. The maximum Gasteiger partial charge on any atom is 0.223 e. The molecule has 5 nitrogen and oxygen atoms in total. The van der Waals surface area contributed by atoms with Gasteiger partial charge in [0.2, 0.25) is 5.91 Å². The predicted molar refractivity (Wildman–Crippen MR) is 113 cm³/mol. The molecule has 1 atom stereocenters. The van der Waals surface area contributed by atoms with Gasteiger partial charge in [0.15, 0.2) is 5.78 Å². The summed E-state index contributed by atoms with van der Waals surface area (Å²) in [6.07, 6.45) is 2.62. The molecule has 1 N–H and O–H groups in total. The van der Waals surface area contributed by atoms with E-state index in [9.17, 15) is 19.1 Å². The normalized spacial score (nSPS) is 21.9. The van der Waals surface area contributed by atoms with Crippen molar-refractivity contribution in [2.24, 2.45) is 0 Å². The zero-order valence-electron chi connectivity index (χ0n) is 17.2. The minimum absolute atomic E-state index is 0.0195. The molecule has 0 spiro atoms. The number of carbonyl (C=O) groups excluding carboxylic acids is 2. The van der Waals surface area contributed by atoms with Gasteiger partial charge in [-0.2, -0.15) is 0 Å². The summed E-state index contributed by atoms with van der Waals surface area (Å²) in [4.78, 5) is 28.4. The van der Waals surface area contributed by atoms with Gasteiger partial charge in [0.1, 0.15) is 5.82 Å². The van der Waals surface area contributed by atoms with Gasteiger partial charge in [-0.1, -0.05) is 12.1 Å². The van der Waals surface area contributed by atoms with Gasteiger partial charge in [-0.05, 0) is 73.7 Å². The number of hydrogen-bond acceptors (Lipinski definition) is 4. The highest BCUT2D eigenvalue weighted by Gasteiger charge is 2.32. The van der Waals surface area contributed by atoms with E-state index in [4.69, 9.17) is 0 Å².